The van der Waals surface area contributed by atoms with Crippen LogP contribution in [0.2, 0.25) is 0 Å². The van der Waals surface area contributed by atoms with Crippen molar-refractivity contribution < 1.29 is 23.9 Å². The van der Waals surface area contributed by atoms with E-state index in [2.05, 4.69) is 4.98 Å². The quantitative estimate of drug-likeness (QED) is 0.489. The lowest BCUT2D eigenvalue weighted by molar-refractivity contribution is 0.0514. The van der Waals surface area contributed by atoms with E-state index in [0.717, 1.165) is 5.56 Å². The summed E-state index contributed by atoms with van der Waals surface area (Å²) < 4.78 is 10.2. The minimum absolute atomic E-state index is 0.105. The van der Waals surface area contributed by atoms with Crippen LogP contribution in [0.1, 0.15) is 61.1 Å². The number of hydrogen-bond donors (Lipinski definition) is 1. The van der Waals surface area contributed by atoms with Gasteiger partial charge in [0.15, 0.2) is 5.78 Å². The lowest BCUT2D eigenvalue weighted by Crippen LogP contribution is -2.12. The van der Waals surface area contributed by atoms with Crippen molar-refractivity contribution in [3.05, 3.63) is 57.1 Å². The largest absolute Gasteiger partial charge is 0.462 e. The number of carbonyl (C=O) groups excluding carboxylic acids is 3. The number of H-pyrrole nitrogens is 1. The van der Waals surface area contributed by atoms with E-state index < -0.39 is 11.9 Å². The molecule has 146 valence electrons. The number of rotatable bonds is 6. The predicted molar refractivity (Wildman–Crippen MR) is 107 cm³/mol. The lowest BCUT2D eigenvalue weighted by atomic mass is 9.98. The summed E-state index contributed by atoms with van der Waals surface area (Å²) in [7, 11) is 0. The zero-order valence-electron chi connectivity index (χ0n) is 16.2. The molecule has 0 saturated heterocycles. The van der Waals surface area contributed by atoms with Crippen LogP contribution >= 0.6 is 11.3 Å². The summed E-state index contributed by atoms with van der Waals surface area (Å²) in [5.74, 6) is -1.34. The molecule has 0 aliphatic heterocycles. The Morgan fingerprint density at radius 1 is 1.04 bits per heavy atom. The number of benzene rings is 1. The highest BCUT2D eigenvalue weighted by Crippen LogP contribution is 2.36. The van der Waals surface area contributed by atoms with Gasteiger partial charge >= 0.3 is 11.9 Å². The molecule has 0 amide bonds. The third kappa shape index (κ3) is 3.45. The maximum atomic E-state index is 13.3. The second kappa shape index (κ2) is 7.98. The number of ketones is 1. The Labute approximate surface area is 166 Å². The van der Waals surface area contributed by atoms with Crippen LogP contribution < -0.4 is 0 Å². The Morgan fingerprint density at radius 3 is 2.36 bits per heavy atom. The molecule has 1 aromatic carbocycles. The standard InChI is InChI=1S/C21H21NO5S/c1-5-26-20(24)16-15(17(23)13-9-7-8-11(3)10-13)14-12(4)18(21(25)27-6-2)28-19(14)22-16/h7-10,22H,5-6H2,1-4H3. The van der Waals surface area contributed by atoms with Gasteiger partial charge in [-0.3, -0.25) is 4.79 Å². The van der Waals surface area contributed by atoms with E-state index in [1.807, 2.05) is 13.0 Å². The van der Waals surface area contributed by atoms with Crippen molar-refractivity contribution in [2.75, 3.05) is 13.2 Å². The number of nitrogens with one attached hydrogen (secondary N) is 1. The molecular formula is C21H21NO5S. The minimum atomic E-state index is -0.598. The number of hydrogen-bond acceptors (Lipinski definition) is 6. The van der Waals surface area contributed by atoms with Crippen molar-refractivity contribution in [1.29, 1.82) is 0 Å². The van der Waals surface area contributed by atoms with Gasteiger partial charge in [-0.2, -0.15) is 0 Å². The molecule has 0 fully saturated rings. The van der Waals surface area contributed by atoms with Crippen molar-refractivity contribution in [1.82, 2.24) is 4.98 Å². The first-order chi connectivity index (χ1) is 13.4. The summed E-state index contributed by atoms with van der Waals surface area (Å²) in [5.41, 5.74) is 2.34. The molecule has 7 heteroatoms. The van der Waals surface area contributed by atoms with Gasteiger partial charge in [-0.1, -0.05) is 23.8 Å². The lowest BCUT2D eigenvalue weighted by Gasteiger charge is -2.06. The van der Waals surface area contributed by atoms with Gasteiger partial charge < -0.3 is 14.5 Å². The molecule has 3 rings (SSSR count). The highest BCUT2D eigenvalue weighted by molar-refractivity contribution is 7.20. The Kier molecular flexibility index (Phi) is 5.65. The Hall–Kier alpha value is -2.93. The monoisotopic (exact) mass is 399 g/mol. The van der Waals surface area contributed by atoms with Crippen LogP contribution in [0.15, 0.2) is 24.3 Å². The molecule has 6 nitrogen and oxygen atoms in total. The molecule has 28 heavy (non-hydrogen) atoms. The van der Waals surface area contributed by atoms with Crippen molar-refractivity contribution in [3.8, 4) is 0 Å². The fraction of sp³-hybridized carbons (Fsp3) is 0.286. The van der Waals surface area contributed by atoms with Crippen LogP contribution in [0.5, 0.6) is 0 Å². The van der Waals surface area contributed by atoms with Gasteiger partial charge in [-0.15, -0.1) is 11.3 Å². The molecule has 0 unspecified atom stereocenters. The van der Waals surface area contributed by atoms with Crippen LogP contribution in [-0.2, 0) is 9.47 Å². The molecule has 0 radical (unpaired) electrons. The molecule has 2 aromatic heterocycles. The van der Waals surface area contributed by atoms with Crippen LogP contribution in [0.3, 0.4) is 0 Å². The van der Waals surface area contributed by atoms with Gasteiger partial charge in [0, 0.05) is 10.9 Å². The number of aryl methyl sites for hydroxylation is 2. The van der Waals surface area contributed by atoms with Gasteiger partial charge in [0.25, 0.3) is 0 Å². The molecule has 0 spiro atoms. The summed E-state index contributed by atoms with van der Waals surface area (Å²) in [6.07, 6.45) is 0. The van der Waals surface area contributed by atoms with E-state index in [1.54, 1.807) is 39.0 Å². The molecule has 0 bridgehead atoms. The van der Waals surface area contributed by atoms with Crippen molar-refractivity contribution in [2.45, 2.75) is 27.7 Å². The summed E-state index contributed by atoms with van der Waals surface area (Å²) in [6.45, 7) is 7.53. The number of ether oxygens (including phenoxy) is 2. The van der Waals surface area contributed by atoms with Crippen molar-refractivity contribution >= 4 is 39.3 Å². The first-order valence-corrected chi connectivity index (χ1v) is 9.81. The topological polar surface area (TPSA) is 85.5 Å². The van der Waals surface area contributed by atoms with Gasteiger partial charge in [0.1, 0.15) is 15.4 Å². The van der Waals surface area contributed by atoms with Gasteiger partial charge in [0.2, 0.25) is 0 Å². The van der Waals surface area contributed by atoms with E-state index in [1.165, 1.54) is 11.3 Å². The number of aromatic nitrogens is 1. The van der Waals surface area contributed by atoms with E-state index in [4.69, 9.17) is 9.47 Å². The van der Waals surface area contributed by atoms with E-state index in [0.29, 0.717) is 26.2 Å². The fourth-order valence-electron chi connectivity index (χ4n) is 3.11. The van der Waals surface area contributed by atoms with Crippen LogP contribution in [0.4, 0.5) is 0 Å². The number of thiophene rings is 1. The van der Waals surface area contributed by atoms with Gasteiger partial charge in [-0.25, -0.2) is 9.59 Å². The third-order valence-corrected chi connectivity index (χ3v) is 5.52. The zero-order valence-corrected chi connectivity index (χ0v) is 17.0. The first-order valence-electron chi connectivity index (χ1n) is 8.99. The normalized spacial score (nSPS) is 10.9. The molecule has 0 saturated carbocycles. The highest BCUT2D eigenvalue weighted by atomic mass is 32.1. The first kappa shape index (κ1) is 19.8. The Bertz CT molecular complexity index is 1080. The van der Waals surface area contributed by atoms with Gasteiger partial charge in [0.05, 0.1) is 18.8 Å². The number of esters is 2. The molecule has 0 atom stereocenters. The molecule has 1 N–H and O–H groups in total. The van der Waals surface area contributed by atoms with Gasteiger partial charge in [-0.05, 0) is 39.3 Å². The average molecular weight is 399 g/mol. The number of carbonyl (C=O) groups is 3. The molecule has 3 aromatic rings. The summed E-state index contributed by atoms with van der Waals surface area (Å²) in [5, 5.41) is 0.558. The SMILES string of the molecule is CCOC(=O)c1[nH]c2sc(C(=O)OCC)c(C)c2c1C(=O)c1cccc(C)c1. The maximum Gasteiger partial charge on any atom is 0.355 e. The molecule has 0 aliphatic rings. The smallest absolute Gasteiger partial charge is 0.355 e. The summed E-state index contributed by atoms with van der Waals surface area (Å²) in [4.78, 5) is 42.0. The molecule has 2 heterocycles. The summed E-state index contributed by atoms with van der Waals surface area (Å²) in [6, 6.07) is 7.16. The van der Waals surface area contributed by atoms with Crippen molar-refractivity contribution in [3.63, 3.8) is 0 Å². The second-order valence-electron chi connectivity index (χ2n) is 6.27. The predicted octanol–water partition coefficient (Wildman–Crippen LogP) is 4.43. The minimum Gasteiger partial charge on any atom is -0.462 e. The number of fused-ring (bicyclic) bond motifs is 1. The zero-order chi connectivity index (χ0) is 20.4. The van der Waals surface area contributed by atoms with E-state index in [9.17, 15) is 14.4 Å². The van der Waals surface area contributed by atoms with Crippen LogP contribution in [0.25, 0.3) is 10.2 Å². The Balaban J connectivity index is 2.23. The highest BCUT2D eigenvalue weighted by Gasteiger charge is 2.30. The van der Waals surface area contributed by atoms with Crippen LogP contribution in [0, 0.1) is 13.8 Å². The van der Waals surface area contributed by atoms with Crippen molar-refractivity contribution in [2.24, 2.45) is 0 Å². The average Bonchev–Trinajstić information content (AvgIpc) is 3.19. The van der Waals surface area contributed by atoms with E-state index in [-0.39, 0.29) is 30.3 Å². The molecular weight excluding hydrogens is 378 g/mol. The second-order valence-corrected chi connectivity index (χ2v) is 7.30. The fourth-order valence-corrected chi connectivity index (χ4v) is 4.22. The maximum absolute atomic E-state index is 13.3. The summed E-state index contributed by atoms with van der Waals surface area (Å²) >= 11 is 1.17. The Morgan fingerprint density at radius 2 is 1.71 bits per heavy atom. The molecule has 0 aliphatic carbocycles. The third-order valence-electron chi connectivity index (χ3n) is 4.33. The van der Waals surface area contributed by atoms with E-state index >= 15 is 0 Å². The number of aromatic amines is 1. The van der Waals surface area contributed by atoms with Crippen LogP contribution in [-0.4, -0.2) is 35.9 Å².